The van der Waals surface area contributed by atoms with E-state index >= 15 is 0 Å². The predicted molar refractivity (Wildman–Crippen MR) is 84.5 cm³/mol. The fourth-order valence-electron chi connectivity index (χ4n) is 2.34. The highest BCUT2D eigenvalue weighted by molar-refractivity contribution is 7.89. The van der Waals surface area contributed by atoms with Crippen molar-refractivity contribution in [1.29, 1.82) is 5.26 Å². The fraction of sp³-hybridized carbons (Fsp3) is 0.533. The number of nitrogens with one attached hydrogen (secondary N) is 1. The van der Waals surface area contributed by atoms with Crippen molar-refractivity contribution in [3.63, 3.8) is 0 Å². The number of rotatable bonds is 6. The number of benzene rings is 1. The summed E-state index contributed by atoms with van der Waals surface area (Å²) in [6.07, 6.45) is 0. The molecule has 0 saturated carbocycles. The van der Waals surface area contributed by atoms with Gasteiger partial charge >= 0.3 is 0 Å². The number of halogens is 1. The fourth-order valence-corrected chi connectivity index (χ4v) is 3.83. The van der Waals surface area contributed by atoms with Crippen LogP contribution in [0.5, 0.6) is 0 Å². The quantitative estimate of drug-likeness (QED) is 0.869. The first-order valence-corrected chi connectivity index (χ1v) is 8.74. The van der Waals surface area contributed by atoms with Crippen LogP contribution < -0.4 is 4.72 Å². The van der Waals surface area contributed by atoms with Crippen molar-refractivity contribution < 1.29 is 8.42 Å². The lowest BCUT2D eigenvalue weighted by molar-refractivity contribution is 0.289. The second-order valence-electron chi connectivity index (χ2n) is 5.76. The molecule has 0 radical (unpaired) electrons. The summed E-state index contributed by atoms with van der Waals surface area (Å²) in [7, 11) is -3.74. The highest BCUT2D eigenvalue weighted by Crippen LogP contribution is 2.23. The molecule has 0 fully saturated rings. The summed E-state index contributed by atoms with van der Waals surface area (Å²) in [6.45, 7) is 8.62. The Bertz CT molecular complexity index is 626. The predicted octanol–water partition coefficient (Wildman–Crippen LogP) is 3.42. The first-order valence-electron chi connectivity index (χ1n) is 6.88. The largest absolute Gasteiger partial charge is 0.241 e. The van der Waals surface area contributed by atoms with Crippen LogP contribution in [0.4, 0.5) is 0 Å². The van der Waals surface area contributed by atoms with E-state index in [0.717, 1.165) is 0 Å². The minimum Gasteiger partial charge on any atom is -0.211 e. The lowest BCUT2D eigenvalue weighted by Crippen LogP contribution is -2.34. The molecule has 4 nitrogen and oxygen atoms in total. The molecule has 0 aliphatic rings. The van der Waals surface area contributed by atoms with Crippen LogP contribution in [0.3, 0.4) is 0 Å². The third-order valence-electron chi connectivity index (χ3n) is 3.58. The van der Waals surface area contributed by atoms with E-state index in [1.807, 2.05) is 6.07 Å². The molecule has 116 valence electrons. The van der Waals surface area contributed by atoms with Gasteiger partial charge in [0.1, 0.15) is 11.0 Å². The summed E-state index contributed by atoms with van der Waals surface area (Å²) in [5, 5.41) is 9.33. The molecule has 21 heavy (non-hydrogen) atoms. The van der Waals surface area contributed by atoms with E-state index in [4.69, 9.17) is 16.9 Å². The maximum absolute atomic E-state index is 12.4. The van der Waals surface area contributed by atoms with Gasteiger partial charge < -0.3 is 0 Å². The lowest BCUT2D eigenvalue weighted by atomic mass is 9.86. The highest BCUT2D eigenvalue weighted by Gasteiger charge is 2.23. The highest BCUT2D eigenvalue weighted by atomic mass is 35.5. The van der Waals surface area contributed by atoms with Gasteiger partial charge in [-0.1, -0.05) is 39.3 Å². The minimum atomic E-state index is -3.74. The normalized spacial score (nSPS) is 12.1. The van der Waals surface area contributed by atoms with Crippen molar-refractivity contribution in [2.45, 2.75) is 32.6 Å². The summed E-state index contributed by atoms with van der Waals surface area (Å²) in [5.41, 5.74) is 0.0949. The molecule has 0 spiro atoms. The summed E-state index contributed by atoms with van der Waals surface area (Å²) in [6, 6.07) is 6.11. The van der Waals surface area contributed by atoms with Gasteiger partial charge in [-0.05, 0) is 36.0 Å². The standard InChI is InChI=1S/C15H21ClN2O2S/c1-10(2)14(11(3)4)9-18-21(19,20)15-7-13(16)6-5-12(15)8-17/h5-7,10-11,14,18H,9H2,1-4H3. The third kappa shape index (κ3) is 4.70. The summed E-state index contributed by atoms with van der Waals surface area (Å²) in [4.78, 5) is -0.0660. The molecule has 0 unspecified atom stereocenters. The van der Waals surface area contributed by atoms with Crippen molar-refractivity contribution in [2.75, 3.05) is 6.54 Å². The molecule has 0 amide bonds. The third-order valence-corrected chi connectivity index (χ3v) is 5.27. The Morgan fingerprint density at radius 2 is 1.81 bits per heavy atom. The van der Waals surface area contributed by atoms with Gasteiger partial charge in [0.25, 0.3) is 0 Å². The Balaban J connectivity index is 3.03. The van der Waals surface area contributed by atoms with E-state index in [2.05, 4.69) is 32.4 Å². The molecule has 1 rings (SSSR count). The molecule has 1 N–H and O–H groups in total. The Morgan fingerprint density at radius 3 is 2.29 bits per heavy atom. The first kappa shape index (κ1) is 18.0. The minimum absolute atomic E-state index is 0.0660. The van der Waals surface area contributed by atoms with Crippen molar-refractivity contribution in [3.05, 3.63) is 28.8 Å². The molecular weight excluding hydrogens is 308 g/mol. The van der Waals surface area contributed by atoms with E-state index in [1.54, 1.807) is 0 Å². The van der Waals surface area contributed by atoms with Crippen LogP contribution in [0.25, 0.3) is 0 Å². The Hall–Kier alpha value is -1.09. The van der Waals surface area contributed by atoms with Gasteiger partial charge in [-0.15, -0.1) is 0 Å². The van der Waals surface area contributed by atoms with Crippen LogP contribution in [0, 0.1) is 29.1 Å². The zero-order chi connectivity index (χ0) is 16.2. The molecule has 0 aliphatic carbocycles. The molecular formula is C15H21ClN2O2S. The smallest absolute Gasteiger partial charge is 0.211 e. The molecule has 0 atom stereocenters. The van der Waals surface area contributed by atoms with Crippen LogP contribution >= 0.6 is 11.6 Å². The maximum Gasteiger partial charge on any atom is 0.241 e. The van der Waals surface area contributed by atoms with Crippen LogP contribution in [-0.4, -0.2) is 15.0 Å². The monoisotopic (exact) mass is 328 g/mol. The van der Waals surface area contributed by atoms with Gasteiger partial charge in [0.2, 0.25) is 10.0 Å². The topological polar surface area (TPSA) is 70.0 Å². The zero-order valence-corrected chi connectivity index (χ0v) is 14.3. The Morgan fingerprint density at radius 1 is 1.24 bits per heavy atom. The summed E-state index contributed by atoms with van der Waals surface area (Å²) >= 11 is 5.84. The average Bonchev–Trinajstić information content (AvgIpc) is 2.37. The molecule has 1 aromatic carbocycles. The van der Waals surface area contributed by atoms with E-state index < -0.39 is 10.0 Å². The SMILES string of the molecule is CC(C)C(CNS(=O)(=O)c1cc(Cl)ccc1C#N)C(C)C. The summed E-state index contributed by atoms with van der Waals surface area (Å²) < 4.78 is 27.4. The molecule has 0 aromatic heterocycles. The van der Waals surface area contributed by atoms with Crippen LogP contribution in [-0.2, 0) is 10.0 Å². The van der Waals surface area contributed by atoms with Gasteiger partial charge in [-0.2, -0.15) is 5.26 Å². The van der Waals surface area contributed by atoms with Crippen LogP contribution in [0.2, 0.25) is 5.02 Å². The zero-order valence-electron chi connectivity index (χ0n) is 12.7. The van der Waals surface area contributed by atoms with Crippen molar-refractivity contribution >= 4 is 21.6 Å². The van der Waals surface area contributed by atoms with Gasteiger partial charge in [-0.3, -0.25) is 0 Å². The molecule has 1 aromatic rings. The van der Waals surface area contributed by atoms with Gasteiger partial charge in [0.05, 0.1) is 5.56 Å². The van der Waals surface area contributed by atoms with Crippen molar-refractivity contribution in [3.8, 4) is 6.07 Å². The molecule has 6 heteroatoms. The lowest BCUT2D eigenvalue weighted by Gasteiger charge is -2.25. The number of nitrogens with zero attached hydrogens (tertiary/aromatic N) is 1. The van der Waals surface area contributed by atoms with Crippen molar-refractivity contribution in [1.82, 2.24) is 4.72 Å². The molecule has 0 aliphatic heterocycles. The average molecular weight is 329 g/mol. The van der Waals surface area contributed by atoms with Gasteiger partial charge in [0.15, 0.2) is 0 Å². The molecule has 0 saturated heterocycles. The number of sulfonamides is 1. The number of nitriles is 1. The van der Waals surface area contributed by atoms with Crippen LogP contribution in [0.1, 0.15) is 33.3 Å². The number of hydrogen-bond donors (Lipinski definition) is 1. The van der Waals surface area contributed by atoms with E-state index in [-0.39, 0.29) is 16.4 Å². The number of hydrogen-bond acceptors (Lipinski definition) is 3. The maximum atomic E-state index is 12.4. The van der Waals surface area contributed by atoms with E-state index in [0.29, 0.717) is 23.4 Å². The first-order chi connectivity index (χ1) is 9.69. The van der Waals surface area contributed by atoms with E-state index in [1.165, 1.54) is 18.2 Å². The molecule has 0 bridgehead atoms. The second kappa shape index (κ2) is 7.26. The van der Waals surface area contributed by atoms with Crippen LogP contribution in [0.15, 0.2) is 23.1 Å². The second-order valence-corrected chi connectivity index (χ2v) is 7.93. The van der Waals surface area contributed by atoms with E-state index in [9.17, 15) is 8.42 Å². The summed E-state index contributed by atoms with van der Waals surface area (Å²) in [5.74, 6) is 0.953. The van der Waals surface area contributed by atoms with Crippen molar-refractivity contribution in [2.24, 2.45) is 17.8 Å². The Labute approximate surface area is 132 Å². The van der Waals surface area contributed by atoms with Gasteiger partial charge in [-0.25, -0.2) is 13.1 Å². The Kier molecular flexibility index (Phi) is 6.21. The van der Waals surface area contributed by atoms with Gasteiger partial charge in [0, 0.05) is 11.6 Å². The molecule has 0 heterocycles.